The Kier molecular flexibility index (Phi) is 4.96. The average molecular weight is 465 g/mol. The molecule has 3 aliphatic rings. The van der Waals surface area contributed by atoms with Crippen molar-refractivity contribution in [3.8, 4) is 0 Å². The normalized spacial score (nSPS) is 19.7. The average Bonchev–Trinajstić information content (AvgIpc) is 3.40. The van der Waals surface area contributed by atoms with Crippen molar-refractivity contribution >= 4 is 28.2 Å². The van der Waals surface area contributed by atoms with E-state index < -0.39 is 0 Å². The van der Waals surface area contributed by atoms with Crippen LogP contribution in [0.2, 0.25) is 5.02 Å². The van der Waals surface area contributed by atoms with Crippen LogP contribution in [0.15, 0.2) is 54.4 Å². The van der Waals surface area contributed by atoms with Crippen LogP contribution in [0.4, 0.5) is 4.39 Å². The summed E-state index contributed by atoms with van der Waals surface area (Å²) in [7, 11) is 0. The summed E-state index contributed by atoms with van der Waals surface area (Å²) in [5, 5.41) is 0.703. The molecule has 1 N–H and O–H groups in total. The zero-order valence-corrected chi connectivity index (χ0v) is 19.3. The largest absolute Gasteiger partial charge is 0.365 e. The highest BCUT2D eigenvalue weighted by Crippen LogP contribution is 2.45. The number of likely N-dealkylation sites (N-methyl/N-ethyl adjacent to an activating group) is 1. The molecule has 7 heteroatoms. The number of rotatable bonds is 3. The van der Waals surface area contributed by atoms with Gasteiger partial charge in [-0.3, -0.25) is 0 Å². The number of nitrogens with zero attached hydrogens (tertiary/aromatic N) is 3. The van der Waals surface area contributed by atoms with E-state index in [1.54, 1.807) is 12.1 Å². The Bertz CT molecular complexity index is 1290. The fraction of sp³-hybridized carbons (Fsp3) is 0.346. The minimum Gasteiger partial charge on any atom is -0.365 e. The Labute approximate surface area is 197 Å². The highest BCUT2D eigenvalue weighted by Gasteiger charge is 2.43. The van der Waals surface area contributed by atoms with Gasteiger partial charge in [0.2, 0.25) is 0 Å². The van der Waals surface area contributed by atoms with E-state index in [9.17, 15) is 4.39 Å². The molecule has 0 aliphatic carbocycles. The fourth-order valence-electron chi connectivity index (χ4n) is 5.42. The summed E-state index contributed by atoms with van der Waals surface area (Å²) >= 11 is 6.13. The van der Waals surface area contributed by atoms with Gasteiger partial charge in [0.1, 0.15) is 17.5 Å². The van der Waals surface area contributed by atoms with Gasteiger partial charge in [0.25, 0.3) is 0 Å². The molecular weight excluding hydrogens is 439 g/mol. The monoisotopic (exact) mass is 464 g/mol. The minimum absolute atomic E-state index is 0.187. The van der Waals surface area contributed by atoms with Gasteiger partial charge in [0, 0.05) is 36.8 Å². The lowest BCUT2D eigenvalue weighted by atomic mass is 9.83. The molecule has 33 heavy (non-hydrogen) atoms. The summed E-state index contributed by atoms with van der Waals surface area (Å²) in [6.45, 7) is 6.22. The Hall–Kier alpha value is -2.83. The van der Waals surface area contributed by atoms with Crippen LogP contribution in [-0.2, 0) is 16.9 Å². The molecule has 2 aromatic carbocycles. The zero-order chi connectivity index (χ0) is 22.6. The maximum atomic E-state index is 13.6. The molecule has 0 bridgehead atoms. The maximum Gasteiger partial charge on any atom is 0.136 e. The van der Waals surface area contributed by atoms with E-state index in [0.717, 1.165) is 67.0 Å². The lowest BCUT2D eigenvalue weighted by molar-refractivity contribution is -0.0773. The molecule has 5 nitrogen and oxygen atoms in total. The van der Waals surface area contributed by atoms with Crippen LogP contribution in [0.1, 0.15) is 36.7 Å². The van der Waals surface area contributed by atoms with E-state index in [2.05, 4.69) is 33.9 Å². The zero-order valence-electron chi connectivity index (χ0n) is 18.6. The number of aromatic nitrogens is 2. The quantitative estimate of drug-likeness (QED) is 0.560. The van der Waals surface area contributed by atoms with E-state index in [1.807, 2.05) is 24.3 Å². The molecule has 4 heterocycles. The van der Waals surface area contributed by atoms with Gasteiger partial charge in [-0.05, 0) is 73.4 Å². The van der Waals surface area contributed by atoms with E-state index in [4.69, 9.17) is 21.3 Å². The first kappa shape index (κ1) is 20.8. The summed E-state index contributed by atoms with van der Waals surface area (Å²) in [6, 6.07) is 10.8. The highest BCUT2D eigenvalue weighted by atomic mass is 35.5. The van der Waals surface area contributed by atoms with Gasteiger partial charge in [-0.2, -0.15) is 0 Å². The van der Waals surface area contributed by atoms with E-state index in [-0.39, 0.29) is 11.4 Å². The number of piperidine rings is 1. The second-order valence-corrected chi connectivity index (χ2v) is 9.49. The first-order chi connectivity index (χ1) is 16.0. The summed E-state index contributed by atoms with van der Waals surface area (Å²) < 4.78 is 19.9. The number of hydrogen-bond acceptors (Lipinski definition) is 4. The highest BCUT2D eigenvalue weighted by molar-refractivity contribution is 6.31. The number of imidazole rings is 1. The Morgan fingerprint density at radius 2 is 2.00 bits per heavy atom. The number of H-pyrrole nitrogens is 1. The van der Waals surface area contributed by atoms with Crippen LogP contribution in [-0.4, -0.2) is 45.9 Å². The fourth-order valence-corrected chi connectivity index (χ4v) is 5.59. The number of aromatic amines is 1. The number of ether oxygens (including phenoxy) is 1. The molecule has 6 rings (SSSR count). The van der Waals surface area contributed by atoms with Crippen molar-refractivity contribution in [3.63, 3.8) is 0 Å². The topological polar surface area (TPSA) is 44.4 Å². The first-order valence-corrected chi connectivity index (χ1v) is 11.9. The minimum atomic E-state index is -0.275. The maximum absolute atomic E-state index is 13.6. The molecule has 1 fully saturated rings. The first-order valence-electron chi connectivity index (χ1n) is 11.5. The molecule has 3 aromatic rings. The van der Waals surface area contributed by atoms with Gasteiger partial charge in [-0.1, -0.05) is 17.7 Å². The Balaban J connectivity index is 1.23. The third-order valence-electron chi connectivity index (χ3n) is 7.21. The van der Waals surface area contributed by atoms with Gasteiger partial charge in [-0.25, -0.2) is 9.37 Å². The van der Waals surface area contributed by atoms with Crippen molar-refractivity contribution in [2.24, 2.45) is 0 Å². The molecule has 0 radical (unpaired) electrons. The summed E-state index contributed by atoms with van der Waals surface area (Å²) in [4.78, 5) is 13.0. The van der Waals surface area contributed by atoms with E-state index in [1.165, 1.54) is 11.4 Å². The van der Waals surface area contributed by atoms with Gasteiger partial charge in [0.05, 0.1) is 23.2 Å². The van der Waals surface area contributed by atoms with Crippen LogP contribution >= 0.6 is 11.6 Å². The molecular formula is C26H26ClFN4O. The van der Waals surface area contributed by atoms with Crippen molar-refractivity contribution in [2.75, 3.05) is 26.2 Å². The van der Waals surface area contributed by atoms with Crippen molar-refractivity contribution in [3.05, 3.63) is 82.2 Å². The predicted octanol–water partition coefficient (Wildman–Crippen LogP) is 5.44. The second kappa shape index (κ2) is 7.89. The summed E-state index contributed by atoms with van der Waals surface area (Å²) in [5.74, 6) is 1.95. The second-order valence-electron chi connectivity index (χ2n) is 9.05. The van der Waals surface area contributed by atoms with Crippen molar-refractivity contribution < 1.29 is 9.13 Å². The Morgan fingerprint density at radius 3 is 2.82 bits per heavy atom. The van der Waals surface area contributed by atoms with Crippen LogP contribution < -0.4 is 0 Å². The number of fused-ring (bicyclic) bond motifs is 3. The van der Waals surface area contributed by atoms with Crippen LogP contribution in [0.5, 0.6) is 0 Å². The molecule has 0 atom stereocenters. The molecule has 1 spiro atoms. The van der Waals surface area contributed by atoms with Crippen LogP contribution in [0, 0.1) is 5.82 Å². The third-order valence-corrected chi connectivity index (χ3v) is 7.44. The molecule has 3 aliphatic heterocycles. The number of allylic oxidation sites excluding steroid dienone is 2. The molecule has 0 unspecified atom stereocenters. The van der Waals surface area contributed by atoms with Gasteiger partial charge in [0.15, 0.2) is 0 Å². The number of benzene rings is 2. The van der Waals surface area contributed by atoms with Crippen LogP contribution in [0.25, 0.3) is 16.6 Å². The van der Waals surface area contributed by atoms with E-state index >= 15 is 0 Å². The lowest BCUT2D eigenvalue weighted by Crippen LogP contribution is -2.46. The SMILES string of the molecule is CCN1CC(c2nc3ccc(Cl)cc3[nH]2)=CC=C1N1CCC2(CC1)OCc1cc(F)ccc12. The molecule has 1 aromatic heterocycles. The number of halogens is 2. The number of likely N-dealkylation sites (tertiary alicyclic amines) is 1. The van der Waals surface area contributed by atoms with E-state index in [0.29, 0.717) is 11.6 Å². The molecule has 170 valence electrons. The third kappa shape index (κ3) is 3.52. The predicted molar refractivity (Wildman–Crippen MR) is 128 cm³/mol. The number of hydrogen-bond donors (Lipinski definition) is 1. The van der Waals surface area contributed by atoms with Gasteiger partial charge in [-0.15, -0.1) is 0 Å². The standard InChI is InChI=1S/C26H26ClFN4O/c1-2-31-15-17(25-29-22-7-4-19(27)14-23(22)30-25)3-8-24(31)32-11-9-26(10-12-32)21-6-5-20(28)13-18(21)16-33-26/h3-8,13-14H,2,9-12,15-16H2,1H3,(H,29,30). The van der Waals surface area contributed by atoms with Crippen molar-refractivity contribution in [1.82, 2.24) is 19.8 Å². The smallest absolute Gasteiger partial charge is 0.136 e. The molecule has 0 amide bonds. The van der Waals surface area contributed by atoms with Gasteiger partial charge >= 0.3 is 0 Å². The molecule has 0 saturated carbocycles. The summed E-state index contributed by atoms with van der Waals surface area (Å²) in [6.07, 6.45) is 6.19. The summed E-state index contributed by atoms with van der Waals surface area (Å²) in [5.41, 5.74) is 4.93. The number of nitrogens with one attached hydrogen (secondary N) is 1. The molecule has 1 saturated heterocycles. The Morgan fingerprint density at radius 1 is 1.15 bits per heavy atom. The van der Waals surface area contributed by atoms with Crippen molar-refractivity contribution in [1.29, 1.82) is 0 Å². The lowest BCUT2D eigenvalue weighted by Gasteiger charge is -2.44. The van der Waals surface area contributed by atoms with Crippen molar-refractivity contribution in [2.45, 2.75) is 32.0 Å². The van der Waals surface area contributed by atoms with Crippen LogP contribution in [0.3, 0.4) is 0 Å². The van der Waals surface area contributed by atoms with Gasteiger partial charge < -0.3 is 19.5 Å².